The molecule has 0 bridgehead atoms. The van der Waals surface area contributed by atoms with Gasteiger partial charge in [0.15, 0.2) is 0 Å². The van der Waals surface area contributed by atoms with Crippen LogP contribution in [0.5, 0.6) is 0 Å². The summed E-state index contributed by atoms with van der Waals surface area (Å²) in [6, 6.07) is 6.31. The van der Waals surface area contributed by atoms with Gasteiger partial charge in [0, 0.05) is 31.1 Å². The van der Waals surface area contributed by atoms with Crippen LogP contribution < -0.4 is 0 Å². The van der Waals surface area contributed by atoms with Gasteiger partial charge in [0.1, 0.15) is 5.82 Å². The normalized spacial score (nSPS) is 19.0. The summed E-state index contributed by atoms with van der Waals surface area (Å²) in [5.41, 5.74) is 0.364. The Hall–Kier alpha value is -1.00. The van der Waals surface area contributed by atoms with Crippen molar-refractivity contribution < 1.29 is 13.9 Å². The van der Waals surface area contributed by atoms with Gasteiger partial charge in [-0.1, -0.05) is 18.2 Å². The standard InChI is InChI=1S/C13H17F2NO/c14-6-3-7-16-8-10(9-16)13(17)11-4-1-2-5-12(11)15/h1-2,4-5,10,13,17H,3,6-9H2/t13-/m0/s1. The number of hydrogen-bond acceptors (Lipinski definition) is 2. The number of benzene rings is 1. The third kappa shape index (κ3) is 2.82. The molecule has 1 fully saturated rings. The maximum absolute atomic E-state index is 13.4. The van der Waals surface area contributed by atoms with Crippen LogP contribution in [-0.4, -0.2) is 36.3 Å². The Balaban J connectivity index is 1.87. The molecule has 1 heterocycles. The number of likely N-dealkylation sites (tertiary alicyclic amines) is 1. The highest BCUT2D eigenvalue weighted by atomic mass is 19.1. The van der Waals surface area contributed by atoms with Crippen molar-refractivity contribution >= 4 is 0 Å². The molecule has 0 aliphatic carbocycles. The van der Waals surface area contributed by atoms with E-state index >= 15 is 0 Å². The molecule has 0 amide bonds. The van der Waals surface area contributed by atoms with Crippen LogP contribution in [-0.2, 0) is 0 Å². The Labute approximate surface area is 99.9 Å². The second kappa shape index (κ2) is 5.56. The SMILES string of the molecule is O[C@H](c1ccccc1F)C1CN(CCCF)C1. The van der Waals surface area contributed by atoms with Crippen molar-refractivity contribution in [3.63, 3.8) is 0 Å². The van der Waals surface area contributed by atoms with Crippen LogP contribution in [0.2, 0.25) is 0 Å². The van der Waals surface area contributed by atoms with Crippen molar-refractivity contribution in [1.82, 2.24) is 4.90 Å². The van der Waals surface area contributed by atoms with E-state index in [1.807, 2.05) is 0 Å². The van der Waals surface area contributed by atoms with Crippen molar-refractivity contribution in [2.45, 2.75) is 12.5 Å². The van der Waals surface area contributed by atoms with E-state index in [0.29, 0.717) is 12.0 Å². The van der Waals surface area contributed by atoms with Crippen LogP contribution >= 0.6 is 0 Å². The molecular weight excluding hydrogens is 224 g/mol. The Kier molecular flexibility index (Phi) is 4.07. The molecular formula is C13H17F2NO. The number of aliphatic hydroxyl groups is 1. The maximum atomic E-state index is 13.4. The zero-order valence-corrected chi connectivity index (χ0v) is 9.65. The van der Waals surface area contributed by atoms with Crippen molar-refractivity contribution in [2.24, 2.45) is 5.92 Å². The summed E-state index contributed by atoms with van der Waals surface area (Å²) in [5, 5.41) is 10.0. The van der Waals surface area contributed by atoms with Gasteiger partial charge >= 0.3 is 0 Å². The monoisotopic (exact) mass is 241 g/mol. The molecule has 0 aromatic heterocycles. The molecule has 0 spiro atoms. The van der Waals surface area contributed by atoms with E-state index in [1.54, 1.807) is 18.2 Å². The molecule has 0 unspecified atom stereocenters. The van der Waals surface area contributed by atoms with Crippen LogP contribution in [0.25, 0.3) is 0 Å². The van der Waals surface area contributed by atoms with Crippen molar-refractivity contribution in [3.05, 3.63) is 35.6 Å². The highest BCUT2D eigenvalue weighted by molar-refractivity contribution is 5.21. The number of nitrogens with zero attached hydrogens (tertiary/aromatic N) is 1. The van der Waals surface area contributed by atoms with Gasteiger partial charge in [0.25, 0.3) is 0 Å². The molecule has 1 N–H and O–H groups in total. The third-order valence-corrected chi connectivity index (χ3v) is 3.26. The Morgan fingerprint density at radius 3 is 2.71 bits per heavy atom. The van der Waals surface area contributed by atoms with Crippen LogP contribution in [0.4, 0.5) is 8.78 Å². The lowest BCUT2D eigenvalue weighted by Crippen LogP contribution is -2.49. The highest BCUT2D eigenvalue weighted by Gasteiger charge is 2.33. The predicted molar refractivity (Wildman–Crippen MR) is 61.9 cm³/mol. The largest absolute Gasteiger partial charge is 0.388 e. The van der Waals surface area contributed by atoms with Gasteiger partial charge in [0.05, 0.1) is 12.8 Å². The average molecular weight is 241 g/mol. The molecule has 17 heavy (non-hydrogen) atoms. The lowest BCUT2D eigenvalue weighted by Gasteiger charge is -2.41. The summed E-state index contributed by atoms with van der Waals surface area (Å²) in [6.07, 6.45) is -0.222. The second-order valence-electron chi connectivity index (χ2n) is 4.53. The summed E-state index contributed by atoms with van der Waals surface area (Å²) in [7, 11) is 0. The fourth-order valence-electron chi connectivity index (χ4n) is 2.24. The molecule has 4 heteroatoms. The topological polar surface area (TPSA) is 23.5 Å². The molecule has 1 aliphatic heterocycles. The fraction of sp³-hybridized carbons (Fsp3) is 0.538. The smallest absolute Gasteiger partial charge is 0.129 e. The minimum absolute atomic E-state index is 0.0616. The van der Waals surface area contributed by atoms with Crippen LogP contribution in [0.15, 0.2) is 24.3 Å². The molecule has 1 atom stereocenters. The lowest BCUT2D eigenvalue weighted by atomic mass is 9.89. The average Bonchev–Trinajstić information content (AvgIpc) is 2.27. The molecule has 1 aromatic rings. The van der Waals surface area contributed by atoms with Gasteiger partial charge in [0.2, 0.25) is 0 Å². The number of halogens is 2. The fourth-order valence-corrected chi connectivity index (χ4v) is 2.24. The van der Waals surface area contributed by atoms with Crippen LogP contribution in [0.1, 0.15) is 18.1 Å². The first-order valence-electron chi connectivity index (χ1n) is 5.93. The van der Waals surface area contributed by atoms with E-state index < -0.39 is 6.10 Å². The summed E-state index contributed by atoms with van der Waals surface area (Å²) in [6.45, 7) is 1.85. The minimum Gasteiger partial charge on any atom is -0.388 e. The summed E-state index contributed by atoms with van der Waals surface area (Å²) in [5.74, 6) is -0.297. The van der Waals surface area contributed by atoms with E-state index in [-0.39, 0.29) is 18.4 Å². The first kappa shape index (κ1) is 12.5. The Bertz CT molecular complexity index is 366. The molecule has 2 nitrogen and oxygen atoms in total. The minimum atomic E-state index is -0.752. The zero-order valence-electron chi connectivity index (χ0n) is 9.65. The van der Waals surface area contributed by atoms with Crippen molar-refractivity contribution in [2.75, 3.05) is 26.3 Å². The molecule has 1 saturated heterocycles. The third-order valence-electron chi connectivity index (χ3n) is 3.26. The first-order chi connectivity index (χ1) is 8.22. The van der Waals surface area contributed by atoms with Gasteiger partial charge in [-0.3, -0.25) is 4.39 Å². The summed E-state index contributed by atoms with van der Waals surface area (Å²) >= 11 is 0. The molecule has 2 rings (SSSR count). The van der Waals surface area contributed by atoms with E-state index in [1.165, 1.54) is 6.07 Å². The van der Waals surface area contributed by atoms with Gasteiger partial charge in [-0.15, -0.1) is 0 Å². The lowest BCUT2D eigenvalue weighted by molar-refractivity contribution is -0.00767. The van der Waals surface area contributed by atoms with E-state index in [0.717, 1.165) is 19.6 Å². The molecule has 0 radical (unpaired) electrons. The van der Waals surface area contributed by atoms with Gasteiger partial charge in [-0.05, 0) is 12.5 Å². The quantitative estimate of drug-likeness (QED) is 0.853. The molecule has 1 aliphatic rings. The van der Waals surface area contributed by atoms with Crippen molar-refractivity contribution in [1.29, 1.82) is 0 Å². The molecule has 94 valence electrons. The molecule has 0 saturated carbocycles. The summed E-state index contributed by atoms with van der Waals surface area (Å²) < 4.78 is 25.4. The van der Waals surface area contributed by atoms with Crippen LogP contribution in [0, 0.1) is 11.7 Å². The Morgan fingerprint density at radius 1 is 1.35 bits per heavy atom. The second-order valence-corrected chi connectivity index (χ2v) is 4.53. The van der Waals surface area contributed by atoms with Gasteiger partial charge < -0.3 is 10.0 Å². The number of aliphatic hydroxyl groups excluding tert-OH is 1. The maximum Gasteiger partial charge on any atom is 0.129 e. The van der Waals surface area contributed by atoms with E-state index in [9.17, 15) is 13.9 Å². The van der Waals surface area contributed by atoms with Gasteiger partial charge in [-0.2, -0.15) is 0 Å². The van der Waals surface area contributed by atoms with Crippen molar-refractivity contribution in [3.8, 4) is 0 Å². The predicted octanol–water partition coefficient (Wildman–Crippen LogP) is 2.15. The van der Waals surface area contributed by atoms with Crippen LogP contribution in [0.3, 0.4) is 0 Å². The first-order valence-corrected chi connectivity index (χ1v) is 5.93. The highest BCUT2D eigenvalue weighted by Crippen LogP contribution is 2.31. The van der Waals surface area contributed by atoms with E-state index in [2.05, 4.69) is 4.90 Å². The zero-order chi connectivity index (χ0) is 12.3. The number of hydrogen-bond donors (Lipinski definition) is 1. The number of alkyl halides is 1. The summed E-state index contributed by atoms with van der Waals surface area (Å²) in [4.78, 5) is 2.08. The van der Waals surface area contributed by atoms with Gasteiger partial charge in [-0.25, -0.2) is 4.39 Å². The molecule has 1 aromatic carbocycles. The number of rotatable bonds is 5. The van der Waals surface area contributed by atoms with E-state index in [4.69, 9.17) is 0 Å². The Morgan fingerprint density at radius 2 is 2.06 bits per heavy atom.